The fourth-order valence-electron chi connectivity index (χ4n) is 8.14. The molecule has 54 heavy (non-hydrogen) atoms. The summed E-state index contributed by atoms with van der Waals surface area (Å²) in [6, 6.07) is 47.7. The Morgan fingerprint density at radius 2 is 1.31 bits per heavy atom. The van der Waals surface area contributed by atoms with Gasteiger partial charge in [0.25, 0.3) is 0 Å². The maximum atomic E-state index is 6.58. The fourth-order valence-corrected chi connectivity index (χ4v) is 8.14. The van der Waals surface area contributed by atoms with Crippen LogP contribution in [0.2, 0.25) is 0 Å². The van der Waals surface area contributed by atoms with Crippen LogP contribution in [-0.2, 0) is 37.3 Å². The zero-order chi connectivity index (χ0) is 36.5. The van der Waals surface area contributed by atoms with Crippen LogP contribution in [0.4, 0.5) is 0 Å². The van der Waals surface area contributed by atoms with E-state index in [1.807, 2.05) is 24.7 Å². The quantitative estimate of drug-likeness (QED) is 0.162. The summed E-state index contributed by atoms with van der Waals surface area (Å²) in [5.74, 6) is 1.74. The molecule has 268 valence electrons. The average Bonchev–Trinajstić information content (AvgIpc) is 3.65. The third-order valence-electron chi connectivity index (χ3n) is 10.6. The van der Waals surface area contributed by atoms with E-state index in [0.29, 0.717) is 11.6 Å². The molecule has 0 saturated carbocycles. The first-order valence-corrected chi connectivity index (χ1v) is 18.2. The predicted molar refractivity (Wildman–Crippen MR) is 213 cm³/mol. The molecule has 0 radical (unpaired) electrons. The van der Waals surface area contributed by atoms with Gasteiger partial charge in [-0.15, -0.1) is 34.2 Å². The molecule has 0 unspecified atom stereocenters. The Morgan fingerprint density at radius 3 is 2.00 bits per heavy atom. The average molecular weight is 884 g/mol. The Balaban J connectivity index is 0.00000413. The zero-order valence-electron chi connectivity index (χ0n) is 31.2. The Hall–Kier alpha value is -5.38. The van der Waals surface area contributed by atoms with Crippen LogP contribution < -0.4 is 4.74 Å². The third-order valence-corrected chi connectivity index (χ3v) is 10.6. The topological polar surface area (TPSA) is 52.8 Å². The SMILES string of the molecule is CC(C)(C)c1ccnc(-n2c3[c-]c(Oc4[c-]c5c(cc4)C(c4ccccc4)(c4ccccc4)c4c(C(C)(C)C)ccnc4-5)ncc3c3ccccc32)c1.[Pt+2]. The van der Waals surface area contributed by atoms with Gasteiger partial charge in [-0.1, -0.05) is 132 Å². The monoisotopic (exact) mass is 883 g/mol. The minimum absolute atomic E-state index is 0. The molecule has 1 aliphatic rings. The van der Waals surface area contributed by atoms with Gasteiger partial charge in [-0.05, 0) is 74.8 Å². The number of ether oxygens (including phenoxy) is 1. The second kappa shape index (κ2) is 13.2. The molecule has 4 aromatic heterocycles. The zero-order valence-corrected chi connectivity index (χ0v) is 33.5. The fraction of sp³-hybridized carbons (Fsp3) is 0.188. The van der Waals surface area contributed by atoms with E-state index >= 15 is 0 Å². The van der Waals surface area contributed by atoms with Gasteiger partial charge in [-0.25, -0.2) is 4.98 Å². The molecule has 8 aromatic rings. The number of hydrogen-bond donors (Lipinski definition) is 0. The van der Waals surface area contributed by atoms with Crippen molar-refractivity contribution in [1.29, 1.82) is 0 Å². The molecule has 0 amide bonds. The van der Waals surface area contributed by atoms with E-state index in [1.54, 1.807) is 0 Å². The first-order valence-electron chi connectivity index (χ1n) is 18.2. The minimum atomic E-state index is -0.599. The molecule has 0 bridgehead atoms. The van der Waals surface area contributed by atoms with Crippen LogP contribution in [0.3, 0.4) is 0 Å². The summed E-state index contributed by atoms with van der Waals surface area (Å²) in [4.78, 5) is 14.7. The summed E-state index contributed by atoms with van der Waals surface area (Å²) < 4.78 is 8.74. The number of aromatic nitrogens is 4. The second-order valence-corrected chi connectivity index (χ2v) is 16.0. The van der Waals surface area contributed by atoms with Crippen molar-refractivity contribution in [3.8, 4) is 28.7 Å². The van der Waals surface area contributed by atoms with Gasteiger partial charge >= 0.3 is 21.1 Å². The van der Waals surface area contributed by atoms with E-state index < -0.39 is 5.41 Å². The van der Waals surface area contributed by atoms with Crippen LogP contribution >= 0.6 is 0 Å². The van der Waals surface area contributed by atoms with Crippen LogP contribution in [0.1, 0.15) is 74.9 Å². The van der Waals surface area contributed by atoms with Gasteiger partial charge in [0, 0.05) is 29.1 Å². The van der Waals surface area contributed by atoms with Gasteiger partial charge in [0.05, 0.1) is 0 Å². The summed E-state index contributed by atoms with van der Waals surface area (Å²) in [5.41, 5.74) is 10.1. The van der Waals surface area contributed by atoms with Gasteiger partial charge < -0.3 is 14.3 Å². The number of benzene rings is 4. The van der Waals surface area contributed by atoms with Crippen LogP contribution in [0.5, 0.6) is 11.6 Å². The molecular weight excluding hydrogens is 844 g/mol. The van der Waals surface area contributed by atoms with E-state index in [1.165, 1.54) is 27.8 Å². The van der Waals surface area contributed by atoms with E-state index in [0.717, 1.165) is 44.4 Å². The maximum Gasteiger partial charge on any atom is 2.00 e. The first kappa shape index (κ1) is 35.6. The Bertz CT molecular complexity index is 2630. The summed E-state index contributed by atoms with van der Waals surface area (Å²) in [7, 11) is 0. The standard InChI is InChI=1S/C48H40N4O.Pt/c1-46(2,3)33-23-25-49-42(27-33)52-40-20-14-13-19-35(40)37-30-51-43(29-41(37)52)53-34-21-22-38-36(28-34)45-44(39(24-26-50-45)47(4,5)6)48(38,31-15-9-7-10-16-31)32-17-11-8-12-18-32;/h7-27,30H,1-6H3;/q-2;+2. The molecule has 5 nitrogen and oxygen atoms in total. The third kappa shape index (κ3) is 5.60. The summed E-state index contributed by atoms with van der Waals surface area (Å²) in [6.07, 6.45) is 5.70. The molecule has 9 rings (SSSR count). The predicted octanol–water partition coefficient (Wildman–Crippen LogP) is 11.3. The normalized spacial score (nSPS) is 13.4. The van der Waals surface area contributed by atoms with Crippen LogP contribution in [0, 0.1) is 12.1 Å². The first-order chi connectivity index (χ1) is 25.5. The van der Waals surface area contributed by atoms with Crippen molar-refractivity contribution in [2.75, 3.05) is 0 Å². The molecule has 0 saturated heterocycles. The summed E-state index contributed by atoms with van der Waals surface area (Å²) >= 11 is 0. The molecule has 0 aliphatic heterocycles. The number of fused-ring (bicyclic) bond motifs is 6. The van der Waals surface area contributed by atoms with E-state index in [2.05, 4.69) is 167 Å². The Kier molecular flexibility index (Phi) is 8.70. The molecule has 4 heterocycles. The van der Waals surface area contributed by atoms with Crippen molar-refractivity contribution >= 4 is 21.8 Å². The van der Waals surface area contributed by atoms with Crippen molar-refractivity contribution < 1.29 is 25.8 Å². The van der Waals surface area contributed by atoms with Crippen molar-refractivity contribution in [2.45, 2.75) is 57.8 Å². The Labute approximate surface area is 331 Å². The molecule has 0 N–H and O–H groups in total. The second-order valence-electron chi connectivity index (χ2n) is 16.0. The number of nitrogens with zero attached hydrogens (tertiary/aromatic N) is 4. The molecule has 0 atom stereocenters. The van der Waals surface area contributed by atoms with Gasteiger partial charge in [-0.3, -0.25) is 4.98 Å². The van der Waals surface area contributed by atoms with Crippen molar-refractivity contribution in [3.05, 3.63) is 179 Å². The van der Waals surface area contributed by atoms with Crippen LogP contribution in [0.25, 0.3) is 38.9 Å². The smallest absolute Gasteiger partial charge is 0.478 e. The number of pyridine rings is 3. The van der Waals surface area contributed by atoms with E-state index in [-0.39, 0.29) is 31.9 Å². The van der Waals surface area contributed by atoms with Gasteiger partial charge in [-0.2, -0.15) is 6.07 Å². The van der Waals surface area contributed by atoms with Crippen LogP contribution in [-0.4, -0.2) is 19.5 Å². The van der Waals surface area contributed by atoms with Gasteiger partial charge in [0.2, 0.25) is 0 Å². The number of para-hydroxylation sites is 1. The van der Waals surface area contributed by atoms with Gasteiger partial charge in [0.1, 0.15) is 11.7 Å². The molecule has 0 spiro atoms. The summed E-state index contributed by atoms with van der Waals surface area (Å²) in [5, 5.41) is 2.07. The van der Waals surface area contributed by atoms with Gasteiger partial charge in [0.15, 0.2) is 0 Å². The largest absolute Gasteiger partial charge is 2.00 e. The van der Waals surface area contributed by atoms with Crippen molar-refractivity contribution in [1.82, 2.24) is 19.5 Å². The van der Waals surface area contributed by atoms with E-state index in [4.69, 9.17) is 19.7 Å². The minimum Gasteiger partial charge on any atom is -0.478 e. The molecule has 0 fully saturated rings. The molecule has 4 aromatic carbocycles. The van der Waals surface area contributed by atoms with Crippen molar-refractivity contribution in [2.24, 2.45) is 0 Å². The molecule has 1 aliphatic carbocycles. The number of rotatable bonds is 5. The Morgan fingerprint density at radius 1 is 0.648 bits per heavy atom. The maximum absolute atomic E-state index is 6.58. The van der Waals surface area contributed by atoms with Crippen LogP contribution in [0.15, 0.2) is 134 Å². The molecule has 6 heteroatoms. The summed E-state index contributed by atoms with van der Waals surface area (Å²) in [6.45, 7) is 13.5. The van der Waals surface area contributed by atoms with E-state index in [9.17, 15) is 0 Å². The van der Waals surface area contributed by atoms with Crippen molar-refractivity contribution in [3.63, 3.8) is 0 Å². The molecular formula is C48H40N4OPt. The number of hydrogen-bond acceptors (Lipinski definition) is 4.